The molecule has 94 valence electrons. The Bertz CT molecular complexity index is 601. The number of carbonyl (C=O) groups is 2. The van der Waals surface area contributed by atoms with E-state index < -0.39 is 5.97 Å². The van der Waals surface area contributed by atoms with Gasteiger partial charge in [-0.05, 0) is 31.5 Å². The van der Waals surface area contributed by atoms with Crippen LogP contribution in [0.15, 0.2) is 18.2 Å². The van der Waals surface area contributed by atoms with Crippen molar-refractivity contribution in [1.29, 1.82) is 0 Å². The van der Waals surface area contributed by atoms with Crippen molar-refractivity contribution >= 4 is 22.8 Å². The number of aliphatic carboxylic acids is 1. The van der Waals surface area contributed by atoms with Crippen LogP contribution in [0.2, 0.25) is 0 Å². The summed E-state index contributed by atoms with van der Waals surface area (Å²) in [6, 6.07) is 5.29. The van der Waals surface area contributed by atoms with Gasteiger partial charge in [-0.3, -0.25) is 9.59 Å². The van der Waals surface area contributed by atoms with Crippen LogP contribution in [0.4, 0.5) is 0 Å². The molecular formula is C13H14N2O3. The number of nitrogens with zero attached hydrogens (tertiary/aromatic N) is 1. The predicted octanol–water partition coefficient (Wildman–Crippen LogP) is 2.31. The van der Waals surface area contributed by atoms with Gasteiger partial charge in [-0.25, -0.2) is 4.98 Å². The highest BCUT2D eigenvalue weighted by Gasteiger charge is 2.09. The van der Waals surface area contributed by atoms with Crippen LogP contribution < -0.4 is 0 Å². The third-order valence-corrected chi connectivity index (χ3v) is 2.72. The first-order valence-corrected chi connectivity index (χ1v) is 5.77. The smallest absolute Gasteiger partial charge is 0.303 e. The van der Waals surface area contributed by atoms with Crippen molar-refractivity contribution in [2.24, 2.45) is 0 Å². The van der Waals surface area contributed by atoms with E-state index >= 15 is 0 Å². The van der Waals surface area contributed by atoms with Crippen molar-refractivity contribution in [3.8, 4) is 0 Å². The number of Topliss-reactive ketones (excluding diaryl/α,β-unsaturated/α-hetero) is 1. The molecule has 5 heteroatoms. The van der Waals surface area contributed by atoms with E-state index in [1.807, 2.05) is 6.92 Å². The lowest BCUT2D eigenvalue weighted by molar-refractivity contribution is -0.137. The van der Waals surface area contributed by atoms with Crippen molar-refractivity contribution < 1.29 is 14.7 Å². The molecule has 5 nitrogen and oxygen atoms in total. The summed E-state index contributed by atoms with van der Waals surface area (Å²) in [5.41, 5.74) is 2.25. The summed E-state index contributed by atoms with van der Waals surface area (Å²) < 4.78 is 0. The number of carbonyl (C=O) groups excluding carboxylic acids is 1. The molecule has 0 spiro atoms. The normalized spacial score (nSPS) is 10.7. The number of aryl methyl sites for hydroxylation is 1. The number of imidazole rings is 1. The Labute approximate surface area is 104 Å². The Morgan fingerprint density at radius 3 is 2.83 bits per heavy atom. The summed E-state index contributed by atoms with van der Waals surface area (Å²) in [5, 5.41) is 8.52. The van der Waals surface area contributed by atoms with Crippen LogP contribution in [-0.4, -0.2) is 26.8 Å². The highest BCUT2D eigenvalue weighted by Crippen LogP contribution is 2.15. The van der Waals surface area contributed by atoms with Crippen LogP contribution in [0, 0.1) is 6.92 Å². The SMILES string of the molecule is Cc1nc2ccc(C(=O)CCCC(=O)O)cc2[nH]1. The van der Waals surface area contributed by atoms with Gasteiger partial charge < -0.3 is 10.1 Å². The van der Waals surface area contributed by atoms with E-state index in [0.29, 0.717) is 12.0 Å². The Morgan fingerprint density at radius 2 is 2.11 bits per heavy atom. The quantitative estimate of drug-likeness (QED) is 0.793. The minimum absolute atomic E-state index is 0.0250. The molecule has 1 aromatic carbocycles. The summed E-state index contributed by atoms with van der Waals surface area (Å²) in [7, 11) is 0. The number of nitrogens with one attached hydrogen (secondary N) is 1. The molecule has 2 N–H and O–H groups in total. The van der Waals surface area contributed by atoms with Crippen molar-refractivity contribution in [2.45, 2.75) is 26.2 Å². The molecular weight excluding hydrogens is 232 g/mol. The topological polar surface area (TPSA) is 83.1 Å². The van der Waals surface area contributed by atoms with E-state index in [4.69, 9.17) is 5.11 Å². The number of aromatic nitrogens is 2. The van der Waals surface area contributed by atoms with Crippen LogP contribution in [-0.2, 0) is 4.79 Å². The number of hydrogen-bond acceptors (Lipinski definition) is 3. The molecule has 0 amide bonds. The lowest BCUT2D eigenvalue weighted by Gasteiger charge is -2.00. The van der Waals surface area contributed by atoms with Gasteiger partial charge in [0.1, 0.15) is 5.82 Å². The maximum atomic E-state index is 11.8. The lowest BCUT2D eigenvalue weighted by atomic mass is 10.1. The van der Waals surface area contributed by atoms with E-state index in [1.54, 1.807) is 18.2 Å². The van der Waals surface area contributed by atoms with Gasteiger partial charge in [-0.2, -0.15) is 0 Å². The third kappa shape index (κ3) is 2.74. The van der Waals surface area contributed by atoms with Crippen LogP contribution in [0.3, 0.4) is 0 Å². The van der Waals surface area contributed by atoms with Crippen molar-refractivity contribution in [3.63, 3.8) is 0 Å². The van der Waals surface area contributed by atoms with E-state index in [9.17, 15) is 9.59 Å². The minimum Gasteiger partial charge on any atom is -0.481 e. The average molecular weight is 246 g/mol. The Morgan fingerprint density at radius 1 is 1.33 bits per heavy atom. The van der Waals surface area contributed by atoms with Gasteiger partial charge in [0.15, 0.2) is 5.78 Å². The number of ketones is 1. The first kappa shape index (κ1) is 12.3. The molecule has 0 saturated carbocycles. The van der Waals surface area contributed by atoms with Gasteiger partial charge in [-0.15, -0.1) is 0 Å². The van der Waals surface area contributed by atoms with Gasteiger partial charge in [0.25, 0.3) is 0 Å². The van der Waals surface area contributed by atoms with Crippen LogP contribution in [0.25, 0.3) is 11.0 Å². The van der Waals surface area contributed by atoms with Crippen molar-refractivity contribution in [3.05, 3.63) is 29.6 Å². The maximum absolute atomic E-state index is 11.8. The molecule has 1 aromatic heterocycles. The van der Waals surface area contributed by atoms with Gasteiger partial charge in [0, 0.05) is 18.4 Å². The minimum atomic E-state index is -0.873. The second-order valence-electron chi connectivity index (χ2n) is 4.22. The first-order chi connectivity index (χ1) is 8.56. The number of fused-ring (bicyclic) bond motifs is 1. The van der Waals surface area contributed by atoms with Gasteiger partial charge >= 0.3 is 5.97 Å². The molecule has 0 atom stereocenters. The maximum Gasteiger partial charge on any atom is 0.303 e. The number of H-pyrrole nitrogens is 1. The molecule has 0 unspecified atom stereocenters. The van der Waals surface area contributed by atoms with Gasteiger partial charge in [0.2, 0.25) is 0 Å². The highest BCUT2D eigenvalue weighted by atomic mass is 16.4. The summed E-state index contributed by atoms with van der Waals surface area (Å²) in [4.78, 5) is 29.5. The first-order valence-electron chi connectivity index (χ1n) is 5.77. The van der Waals surface area contributed by atoms with Crippen molar-refractivity contribution in [2.75, 3.05) is 0 Å². The number of rotatable bonds is 5. The largest absolute Gasteiger partial charge is 0.481 e. The molecule has 0 aliphatic rings. The zero-order chi connectivity index (χ0) is 13.1. The second-order valence-corrected chi connectivity index (χ2v) is 4.22. The molecule has 0 fully saturated rings. The van der Waals surface area contributed by atoms with E-state index in [1.165, 1.54) is 0 Å². The lowest BCUT2D eigenvalue weighted by Crippen LogP contribution is -2.01. The Hall–Kier alpha value is -2.17. The number of carboxylic acids is 1. The van der Waals surface area contributed by atoms with E-state index in [-0.39, 0.29) is 18.6 Å². The number of benzene rings is 1. The monoisotopic (exact) mass is 246 g/mol. The highest BCUT2D eigenvalue weighted by molar-refractivity contribution is 5.98. The molecule has 0 aliphatic heterocycles. The molecule has 0 bridgehead atoms. The molecule has 0 aliphatic carbocycles. The molecule has 2 aromatic rings. The summed E-state index contributed by atoms with van der Waals surface area (Å²) in [5.74, 6) is -0.103. The fourth-order valence-corrected chi connectivity index (χ4v) is 1.86. The van der Waals surface area contributed by atoms with Crippen LogP contribution >= 0.6 is 0 Å². The molecule has 0 radical (unpaired) electrons. The number of carboxylic acid groups (broad SMARTS) is 1. The summed E-state index contributed by atoms with van der Waals surface area (Å²) in [6.45, 7) is 1.86. The van der Waals surface area contributed by atoms with E-state index in [2.05, 4.69) is 9.97 Å². The van der Waals surface area contributed by atoms with Crippen LogP contribution in [0.5, 0.6) is 0 Å². The fourth-order valence-electron chi connectivity index (χ4n) is 1.86. The van der Waals surface area contributed by atoms with Crippen LogP contribution in [0.1, 0.15) is 35.4 Å². The average Bonchev–Trinajstić information content (AvgIpc) is 2.67. The Balaban J connectivity index is 2.10. The number of hydrogen-bond donors (Lipinski definition) is 2. The van der Waals surface area contributed by atoms with E-state index in [0.717, 1.165) is 16.9 Å². The third-order valence-electron chi connectivity index (χ3n) is 2.72. The van der Waals surface area contributed by atoms with Gasteiger partial charge in [-0.1, -0.05) is 0 Å². The second kappa shape index (κ2) is 5.00. The van der Waals surface area contributed by atoms with Gasteiger partial charge in [0.05, 0.1) is 11.0 Å². The summed E-state index contributed by atoms with van der Waals surface area (Å²) in [6.07, 6.45) is 0.649. The fraction of sp³-hybridized carbons (Fsp3) is 0.308. The molecule has 18 heavy (non-hydrogen) atoms. The molecule has 0 saturated heterocycles. The summed E-state index contributed by atoms with van der Waals surface area (Å²) >= 11 is 0. The number of aromatic amines is 1. The zero-order valence-electron chi connectivity index (χ0n) is 10.1. The molecule has 1 heterocycles. The Kier molecular flexibility index (Phi) is 3.41. The van der Waals surface area contributed by atoms with Crippen molar-refractivity contribution in [1.82, 2.24) is 9.97 Å². The predicted molar refractivity (Wildman–Crippen MR) is 66.6 cm³/mol. The zero-order valence-corrected chi connectivity index (χ0v) is 10.1. The molecule has 2 rings (SSSR count). The standard InChI is InChI=1S/C13H14N2O3/c1-8-14-10-6-5-9(7-11(10)15-8)12(16)3-2-4-13(17)18/h5-7H,2-4H2,1H3,(H,14,15)(H,17,18).